The van der Waals surface area contributed by atoms with Crippen LogP contribution in [0.1, 0.15) is 64.6 Å². The number of benzene rings is 2. The Bertz CT molecular complexity index is 2540. The summed E-state index contributed by atoms with van der Waals surface area (Å²) in [7, 11) is 5.44. The highest BCUT2D eigenvalue weighted by molar-refractivity contribution is 5.63. The summed E-state index contributed by atoms with van der Waals surface area (Å²) in [5.74, 6) is 2.43. The Morgan fingerprint density at radius 1 is 0.785 bits per heavy atom. The summed E-state index contributed by atoms with van der Waals surface area (Å²) in [5, 5.41) is 6.62. The van der Waals surface area contributed by atoms with Gasteiger partial charge in [-0.3, -0.25) is 0 Å². The van der Waals surface area contributed by atoms with Gasteiger partial charge in [-0.2, -0.15) is 0 Å². The van der Waals surface area contributed by atoms with Crippen molar-refractivity contribution in [1.82, 2.24) is 43.9 Å². The van der Waals surface area contributed by atoms with Gasteiger partial charge in [0.25, 0.3) is 0 Å². The fourth-order valence-electron chi connectivity index (χ4n) is 8.15. The van der Waals surface area contributed by atoms with Gasteiger partial charge in [0.2, 0.25) is 11.9 Å². The number of imidazole rings is 2. The van der Waals surface area contributed by atoms with Gasteiger partial charge in [0.1, 0.15) is 31.0 Å². The number of nitrogens with one attached hydrogen (secondary N) is 2. The predicted octanol–water partition coefficient (Wildman–Crippen LogP) is 7.44. The van der Waals surface area contributed by atoms with Crippen LogP contribution in [-0.2, 0) is 53.2 Å². The van der Waals surface area contributed by atoms with Crippen molar-refractivity contribution in [2.75, 3.05) is 65.0 Å². The zero-order chi connectivity index (χ0) is 45.3. The first-order valence-corrected chi connectivity index (χ1v) is 22.0. The molecule has 3 aliphatic heterocycles. The van der Waals surface area contributed by atoms with E-state index in [9.17, 15) is 8.78 Å². The van der Waals surface area contributed by atoms with Crippen LogP contribution in [0.5, 0.6) is 11.5 Å². The number of aryl methyl sites for hydroxylation is 3. The van der Waals surface area contributed by atoms with Crippen molar-refractivity contribution in [1.29, 1.82) is 0 Å². The Morgan fingerprint density at radius 2 is 1.40 bits per heavy atom. The summed E-state index contributed by atoms with van der Waals surface area (Å²) < 4.78 is 57.5. The lowest BCUT2D eigenvalue weighted by atomic mass is 10.00. The summed E-state index contributed by atoms with van der Waals surface area (Å²) in [6.45, 7) is 5.78. The first kappa shape index (κ1) is 45.5. The molecule has 65 heavy (non-hydrogen) atoms. The first-order valence-electron chi connectivity index (χ1n) is 22.0. The fourth-order valence-corrected chi connectivity index (χ4v) is 8.15. The third-order valence-corrected chi connectivity index (χ3v) is 11.6. The van der Waals surface area contributed by atoms with Crippen molar-refractivity contribution in [2.24, 2.45) is 0 Å². The molecule has 16 nitrogen and oxygen atoms in total. The number of aromatic nitrogens is 8. The quantitative estimate of drug-likeness (QED) is 0.0987. The minimum atomic E-state index is -1.11. The van der Waals surface area contributed by atoms with Crippen LogP contribution in [-0.4, -0.2) is 111 Å². The smallest absolute Gasteiger partial charge is 0.227 e. The monoisotopic (exact) mass is 893 g/mol. The molecule has 1 fully saturated rings. The second-order valence-electron chi connectivity index (χ2n) is 16.4. The average molecular weight is 894 g/mol. The molecule has 2 aromatic carbocycles. The number of methoxy groups -OCH3 is 2. The molecule has 4 aromatic heterocycles. The Balaban J connectivity index is 0.000000177. The van der Waals surface area contributed by atoms with Crippen molar-refractivity contribution >= 4 is 23.3 Å². The maximum absolute atomic E-state index is 12.8. The van der Waals surface area contributed by atoms with Gasteiger partial charge in [0, 0.05) is 79.6 Å². The zero-order valence-corrected chi connectivity index (χ0v) is 37.6. The average Bonchev–Trinajstić information content (AvgIpc) is 4.12. The number of hydrogen-bond donors (Lipinski definition) is 2. The predicted molar refractivity (Wildman–Crippen MR) is 242 cm³/mol. The third-order valence-electron chi connectivity index (χ3n) is 11.6. The Labute approximate surface area is 377 Å². The van der Waals surface area contributed by atoms with E-state index in [0.29, 0.717) is 49.1 Å². The third kappa shape index (κ3) is 11.2. The van der Waals surface area contributed by atoms with E-state index in [0.717, 1.165) is 108 Å². The fraction of sp³-hybridized carbons (Fsp3) is 0.447. The van der Waals surface area contributed by atoms with Crippen LogP contribution in [0.25, 0.3) is 11.4 Å². The number of fused-ring (bicyclic) bond motifs is 2. The van der Waals surface area contributed by atoms with Gasteiger partial charge in [0.05, 0.1) is 98.3 Å². The molecule has 0 bridgehead atoms. The van der Waals surface area contributed by atoms with Crippen molar-refractivity contribution in [3.05, 3.63) is 107 Å². The highest BCUT2D eigenvalue weighted by atomic mass is 19.1. The van der Waals surface area contributed by atoms with E-state index in [2.05, 4.69) is 42.5 Å². The van der Waals surface area contributed by atoms with Crippen molar-refractivity contribution in [3.63, 3.8) is 0 Å². The second kappa shape index (κ2) is 21.3. The molecule has 0 spiro atoms. The lowest BCUT2D eigenvalue weighted by Gasteiger charge is -2.26. The topological polar surface area (TPSA) is 161 Å². The van der Waals surface area contributed by atoms with Gasteiger partial charge < -0.3 is 48.4 Å². The maximum atomic E-state index is 12.8. The molecule has 1 saturated heterocycles. The standard InChI is InChI=1S/C25H32N6O2.C22H25F2N5O3/c1-17-14-31(16-26-17)23-9-6-18(13-24(23)32-3)27-25-28-21(8-7-19-5-4-12-33-19)20-15-30(2)11-10-22(20)29-25;1-14-10-29(13-25-14)20-4-3-15(7-21(20)30-2)26-22-27-18-5-6-31-11-17(18)19(28-22)12-32-16(8-23)9-24/h6,9,13-14,16,19H,4-5,7-8,10-12,15H2,1-3H3,(H,27,28,29);3-4,7,10,13,16H,5-6,8-9,11-12H2,1-2H3,(H,26,27,28). The van der Waals surface area contributed by atoms with Crippen LogP contribution in [0.15, 0.2) is 61.4 Å². The summed E-state index contributed by atoms with van der Waals surface area (Å²) in [5.41, 5.74) is 11.1. The molecule has 0 amide bonds. The summed E-state index contributed by atoms with van der Waals surface area (Å²) in [6, 6.07) is 11.7. The van der Waals surface area contributed by atoms with Crippen molar-refractivity contribution in [3.8, 4) is 22.9 Å². The molecule has 1 unspecified atom stereocenters. The van der Waals surface area contributed by atoms with Crippen molar-refractivity contribution < 1.29 is 32.5 Å². The van der Waals surface area contributed by atoms with Crippen LogP contribution in [0.4, 0.5) is 32.1 Å². The van der Waals surface area contributed by atoms with Crippen LogP contribution in [0.2, 0.25) is 0 Å². The Kier molecular flexibility index (Phi) is 14.9. The van der Waals surface area contributed by atoms with Gasteiger partial charge in [-0.05, 0) is 70.8 Å². The van der Waals surface area contributed by atoms with E-state index in [-0.39, 0.29) is 6.61 Å². The molecule has 1 atom stereocenters. The Hall–Kier alpha value is -6.08. The molecule has 7 heterocycles. The number of alkyl halides is 2. The lowest BCUT2D eigenvalue weighted by Crippen LogP contribution is -2.29. The minimum absolute atomic E-state index is 0.0242. The van der Waals surface area contributed by atoms with E-state index >= 15 is 0 Å². The molecule has 0 aliphatic carbocycles. The lowest BCUT2D eigenvalue weighted by molar-refractivity contribution is 0.00601. The number of ether oxygens (including phenoxy) is 5. The van der Waals surface area contributed by atoms with E-state index < -0.39 is 19.5 Å². The molecule has 0 saturated carbocycles. The van der Waals surface area contributed by atoms with E-state index in [4.69, 9.17) is 33.7 Å². The number of halogens is 2. The summed E-state index contributed by atoms with van der Waals surface area (Å²) >= 11 is 0. The second-order valence-corrected chi connectivity index (χ2v) is 16.4. The molecule has 9 rings (SSSR count). The van der Waals surface area contributed by atoms with Crippen LogP contribution >= 0.6 is 0 Å². The SMILES string of the molecule is COc1cc(Nc2nc(CCC3CCCO3)c3c(n2)CCN(C)C3)ccc1-n1cnc(C)c1.COc1cc(Nc2nc3c(c(COC(CF)CF)n2)COCC3)ccc1-n1cnc(C)c1. The van der Waals surface area contributed by atoms with Gasteiger partial charge >= 0.3 is 0 Å². The van der Waals surface area contributed by atoms with Gasteiger partial charge in [-0.1, -0.05) is 0 Å². The summed E-state index contributed by atoms with van der Waals surface area (Å²) in [4.78, 5) is 29.9. The van der Waals surface area contributed by atoms with Crippen LogP contribution < -0.4 is 20.1 Å². The molecule has 3 aliphatic rings. The number of rotatable bonds is 16. The highest BCUT2D eigenvalue weighted by Crippen LogP contribution is 2.32. The van der Waals surface area contributed by atoms with E-state index in [1.54, 1.807) is 26.9 Å². The Morgan fingerprint density at radius 3 is 1.95 bits per heavy atom. The minimum Gasteiger partial charge on any atom is -0.494 e. The maximum Gasteiger partial charge on any atom is 0.227 e. The number of anilines is 4. The number of nitrogens with zero attached hydrogens (tertiary/aromatic N) is 9. The molecule has 0 radical (unpaired) electrons. The first-order chi connectivity index (χ1) is 31.7. The van der Waals surface area contributed by atoms with Gasteiger partial charge in [0.15, 0.2) is 0 Å². The molecule has 6 aromatic rings. The van der Waals surface area contributed by atoms with E-state index in [1.165, 1.54) is 12.0 Å². The summed E-state index contributed by atoms with van der Waals surface area (Å²) in [6.07, 6.45) is 12.5. The van der Waals surface area contributed by atoms with Gasteiger partial charge in [-0.15, -0.1) is 0 Å². The number of likely N-dealkylation sites (N-methyl/N-ethyl adjacent to an activating group) is 1. The zero-order valence-electron chi connectivity index (χ0n) is 37.6. The number of hydrogen-bond acceptors (Lipinski definition) is 14. The normalized spacial score (nSPS) is 15.8. The molecular weight excluding hydrogens is 837 g/mol. The molecule has 18 heteroatoms. The van der Waals surface area contributed by atoms with E-state index in [1.807, 2.05) is 71.8 Å². The van der Waals surface area contributed by atoms with Crippen molar-refractivity contribution in [2.45, 2.75) is 84.3 Å². The molecule has 2 N–H and O–H groups in total. The van der Waals surface area contributed by atoms with Gasteiger partial charge in [-0.25, -0.2) is 38.7 Å². The highest BCUT2D eigenvalue weighted by Gasteiger charge is 2.24. The molecular formula is C47H57F2N11O5. The van der Waals surface area contributed by atoms with Crippen LogP contribution in [0.3, 0.4) is 0 Å². The molecule has 344 valence electrons. The van der Waals surface area contributed by atoms with Crippen LogP contribution in [0, 0.1) is 13.8 Å². The largest absolute Gasteiger partial charge is 0.494 e.